The third-order valence-corrected chi connectivity index (χ3v) is 10.7. The Kier molecular flexibility index (Phi) is 5.82. The van der Waals surface area contributed by atoms with Crippen molar-refractivity contribution in [1.82, 2.24) is 19.5 Å². The number of benzene rings is 8. The first-order valence-electron chi connectivity index (χ1n) is 21.1. The van der Waals surface area contributed by atoms with Crippen LogP contribution in [0.4, 0.5) is 0 Å². The Bertz CT molecular complexity index is 3750. The molecule has 57 heavy (non-hydrogen) atoms. The lowest BCUT2D eigenvalue weighted by molar-refractivity contribution is 0.669. The molecule has 12 aromatic rings. The van der Waals surface area contributed by atoms with E-state index in [1.807, 2.05) is 115 Å². The van der Waals surface area contributed by atoms with Gasteiger partial charge in [0.1, 0.15) is 22.3 Å². The zero-order chi connectivity index (χ0) is 41.8. The molecule has 0 atom stereocenters. The molecule has 0 amide bonds. The number of rotatable bonds is 5. The molecular weight excluding hydrogens is 701 g/mol. The summed E-state index contributed by atoms with van der Waals surface area (Å²) in [5.74, 6) is 1.26. The summed E-state index contributed by atoms with van der Waals surface area (Å²) in [5, 5.41) is 5.44. The van der Waals surface area contributed by atoms with Crippen molar-refractivity contribution in [1.29, 1.82) is 0 Å². The van der Waals surface area contributed by atoms with Gasteiger partial charge in [0, 0.05) is 54.7 Å². The molecule has 4 heterocycles. The van der Waals surface area contributed by atoms with Crippen LogP contribution in [0.25, 0.3) is 117 Å². The number of hydrogen-bond donors (Lipinski definition) is 0. The number of fused-ring (bicyclic) bond motifs is 9. The van der Waals surface area contributed by atoms with Gasteiger partial charge >= 0.3 is 0 Å². The molecule has 0 aliphatic heterocycles. The summed E-state index contributed by atoms with van der Waals surface area (Å²) in [5.41, 5.74) is 7.71. The van der Waals surface area contributed by atoms with Crippen LogP contribution >= 0.6 is 0 Å². The van der Waals surface area contributed by atoms with Gasteiger partial charge in [-0.2, -0.15) is 0 Å². The van der Waals surface area contributed by atoms with Crippen molar-refractivity contribution in [3.8, 4) is 51.0 Å². The van der Waals surface area contributed by atoms with Gasteiger partial charge in [-0.3, -0.25) is 0 Å². The first kappa shape index (κ1) is 26.9. The lowest BCUT2D eigenvalue weighted by atomic mass is 10.0. The van der Waals surface area contributed by atoms with Gasteiger partial charge in [0.05, 0.1) is 23.5 Å². The molecular formula is C51H30N4O2. The molecule has 0 fully saturated rings. The van der Waals surface area contributed by atoms with Crippen molar-refractivity contribution < 1.29 is 15.7 Å². The fourth-order valence-corrected chi connectivity index (χ4v) is 8.26. The van der Waals surface area contributed by atoms with Crippen molar-refractivity contribution in [3.63, 3.8) is 0 Å². The van der Waals surface area contributed by atoms with Gasteiger partial charge in [-0.1, -0.05) is 145 Å². The fourth-order valence-electron chi connectivity index (χ4n) is 8.26. The lowest BCUT2D eigenvalue weighted by Crippen LogP contribution is -2.02. The Hall–Kier alpha value is -7.83. The van der Waals surface area contributed by atoms with E-state index in [0.29, 0.717) is 50.7 Å². The summed E-state index contributed by atoms with van der Waals surface area (Å²) in [7, 11) is 0. The molecule has 0 radical (unpaired) electrons. The molecule has 0 unspecified atom stereocenters. The van der Waals surface area contributed by atoms with Crippen molar-refractivity contribution in [3.05, 3.63) is 182 Å². The SMILES string of the molecule is [2H]c1c([2H])c([2H])c(-c2cccc3c2oc2c(-c4nc(-c5ccccc5)nc(-c5cccc6oc7ccccc7c56)n4)cc(-n4c5ccccc5c5ccccc54)cc23)c([2H])c1[2H]. The van der Waals surface area contributed by atoms with Crippen molar-refractivity contribution in [2.45, 2.75) is 0 Å². The fraction of sp³-hybridized carbons (Fsp3) is 0. The topological polar surface area (TPSA) is 69.9 Å². The molecule has 0 spiro atoms. The van der Waals surface area contributed by atoms with Gasteiger partial charge in [0.25, 0.3) is 0 Å². The smallest absolute Gasteiger partial charge is 0.167 e. The minimum absolute atomic E-state index is 0.0547. The first-order chi connectivity index (χ1) is 30.3. The highest BCUT2D eigenvalue weighted by Crippen LogP contribution is 2.43. The predicted octanol–water partition coefficient (Wildman–Crippen LogP) is 13.4. The van der Waals surface area contributed by atoms with Crippen LogP contribution in [0.15, 0.2) is 191 Å². The second kappa shape index (κ2) is 12.3. The van der Waals surface area contributed by atoms with E-state index in [1.165, 1.54) is 0 Å². The number of nitrogens with zero attached hydrogens (tertiary/aromatic N) is 4. The summed E-state index contributed by atoms with van der Waals surface area (Å²) < 4.78 is 58.5. The largest absolute Gasteiger partial charge is 0.456 e. The van der Waals surface area contributed by atoms with Crippen LogP contribution in [0.5, 0.6) is 0 Å². The van der Waals surface area contributed by atoms with Crippen molar-refractivity contribution in [2.24, 2.45) is 0 Å². The van der Waals surface area contributed by atoms with E-state index >= 15 is 0 Å². The van der Waals surface area contributed by atoms with Crippen LogP contribution in [-0.4, -0.2) is 19.5 Å². The Morgan fingerprint density at radius 1 is 0.421 bits per heavy atom. The normalized spacial score (nSPS) is 13.1. The van der Waals surface area contributed by atoms with Gasteiger partial charge in [0.15, 0.2) is 17.5 Å². The average molecular weight is 736 g/mol. The van der Waals surface area contributed by atoms with Crippen LogP contribution < -0.4 is 0 Å². The monoisotopic (exact) mass is 735 g/mol. The minimum Gasteiger partial charge on any atom is -0.456 e. The quantitative estimate of drug-likeness (QED) is 0.176. The molecule has 0 saturated carbocycles. The Morgan fingerprint density at radius 2 is 1.02 bits per heavy atom. The van der Waals surface area contributed by atoms with Crippen LogP contribution in [0, 0.1) is 0 Å². The Morgan fingerprint density at radius 3 is 1.81 bits per heavy atom. The number of aromatic nitrogens is 4. The molecule has 6 heteroatoms. The third kappa shape index (κ3) is 4.87. The molecule has 6 nitrogen and oxygen atoms in total. The average Bonchev–Trinajstić information content (AvgIpc) is 4.00. The minimum atomic E-state index is -0.461. The predicted molar refractivity (Wildman–Crippen MR) is 230 cm³/mol. The van der Waals surface area contributed by atoms with Crippen molar-refractivity contribution in [2.75, 3.05) is 0 Å². The van der Waals surface area contributed by atoms with Crippen LogP contribution in [0.1, 0.15) is 6.85 Å². The summed E-state index contributed by atoms with van der Waals surface area (Å²) in [6.07, 6.45) is 0. The molecule has 8 aromatic carbocycles. The zero-order valence-corrected chi connectivity index (χ0v) is 30.0. The van der Waals surface area contributed by atoms with Gasteiger partial charge in [0.2, 0.25) is 0 Å². The maximum absolute atomic E-state index is 8.90. The highest BCUT2D eigenvalue weighted by molar-refractivity contribution is 6.15. The number of furan rings is 2. The molecule has 0 aliphatic carbocycles. The van der Waals surface area contributed by atoms with Gasteiger partial charge in [-0.25, -0.2) is 15.0 Å². The molecule has 0 bridgehead atoms. The molecule has 4 aromatic heterocycles. The van der Waals surface area contributed by atoms with Crippen molar-refractivity contribution >= 4 is 65.7 Å². The second-order valence-corrected chi connectivity index (χ2v) is 14.0. The molecule has 12 rings (SSSR count). The highest BCUT2D eigenvalue weighted by Gasteiger charge is 2.23. The molecule has 266 valence electrons. The van der Waals surface area contributed by atoms with E-state index < -0.39 is 18.1 Å². The number of para-hydroxylation sites is 4. The number of hydrogen-bond acceptors (Lipinski definition) is 5. The zero-order valence-electron chi connectivity index (χ0n) is 35.0. The molecule has 0 saturated heterocycles. The lowest BCUT2D eigenvalue weighted by Gasteiger charge is -2.13. The summed E-state index contributed by atoms with van der Waals surface area (Å²) in [6, 6.07) is 47.8. The summed E-state index contributed by atoms with van der Waals surface area (Å²) >= 11 is 0. The Balaban J connectivity index is 1.21. The summed E-state index contributed by atoms with van der Waals surface area (Å²) in [6.45, 7) is 0. The van der Waals surface area contributed by atoms with Gasteiger partial charge < -0.3 is 13.4 Å². The summed E-state index contributed by atoms with van der Waals surface area (Å²) in [4.78, 5) is 15.6. The van der Waals surface area contributed by atoms with E-state index in [4.69, 9.17) is 30.6 Å². The maximum atomic E-state index is 8.90. The van der Waals surface area contributed by atoms with Gasteiger partial charge in [-0.05, 0) is 42.0 Å². The standard InChI is InChI=1S/C51H30N4O2/c1-3-15-31(16-4-1)34-22-13-23-37-40-29-33(55-42-25-10-7-19-35(42)36-20-8-11-26-43(36)55)30-41(48(40)57-47(34)37)51-53-49(32-17-5-2-6-18-32)52-50(54-51)39-24-14-28-45-46(39)38-21-9-12-27-44(38)56-45/h1-30H/i1D,3D,4D,15D,16D. The van der Waals surface area contributed by atoms with Crippen LogP contribution in [0.3, 0.4) is 0 Å². The van der Waals surface area contributed by atoms with E-state index in [9.17, 15) is 0 Å². The van der Waals surface area contributed by atoms with Gasteiger partial charge in [-0.15, -0.1) is 0 Å². The Labute approximate surface area is 332 Å². The first-order valence-corrected chi connectivity index (χ1v) is 18.6. The van der Waals surface area contributed by atoms with E-state index in [1.54, 1.807) is 6.07 Å². The third-order valence-electron chi connectivity index (χ3n) is 10.7. The highest BCUT2D eigenvalue weighted by atomic mass is 16.3. The van der Waals surface area contributed by atoms with E-state index in [2.05, 4.69) is 34.9 Å². The van der Waals surface area contributed by atoms with Crippen LogP contribution in [-0.2, 0) is 0 Å². The molecule has 0 N–H and O–H groups in total. The maximum Gasteiger partial charge on any atom is 0.167 e. The van der Waals surface area contributed by atoms with Crippen LogP contribution in [0.2, 0.25) is 0 Å². The van der Waals surface area contributed by atoms with E-state index in [0.717, 1.165) is 60.4 Å². The van der Waals surface area contributed by atoms with E-state index in [-0.39, 0.29) is 17.6 Å². The second-order valence-electron chi connectivity index (χ2n) is 14.0. The molecule has 0 aliphatic rings.